The van der Waals surface area contributed by atoms with E-state index in [1.54, 1.807) is 0 Å². The maximum Gasteiger partial charge on any atom is 0.491 e. The standard InChI is InChI=1S/C13H17BF2O3/c1-2-8-3-6-11(19-7-8)9-4-5-10(14(17)18)13(16)12(9)15/h4-5,8,11,17-18H,2-3,6-7H2,1H3. The van der Waals surface area contributed by atoms with Crippen molar-refractivity contribution in [1.29, 1.82) is 0 Å². The topological polar surface area (TPSA) is 49.7 Å². The maximum absolute atomic E-state index is 13.9. The van der Waals surface area contributed by atoms with Crippen molar-refractivity contribution in [3.05, 3.63) is 29.3 Å². The molecule has 1 aliphatic rings. The maximum atomic E-state index is 13.9. The molecule has 0 spiro atoms. The van der Waals surface area contributed by atoms with Gasteiger partial charge in [0, 0.05) is 11.0 Å². The average Bonchev–Trinajstić information content (AvgIpc) is 2.41. The second-order valence-corrected chi connectivity index (χ2v) is 4.92. The normalized spacial score (nSPS) is 23.4. The molecule has 2 atom stereocenters. The van der Waals surface area contributed by atoms with Gasteiger partial charge in [0.25, 0.3) is 0 Å². The molecular weight excluding hydrogens is 253 g/mol. The highest BCUT2D eigenvalue weighted by molar-refractivity contribution is 6.58. The van der Waals surface area contributed by atoms with Crippen molar-refractivity contribution in [3.63, 3.8) is 0 Å². The third kappa shape index (κ3) is 2.96. The minimum Gasteiger partial charge on any atom is -0.423 e. The van der Waals surface area contributed by atoms with Crippen LogP contribution in [-0.2, 0) is 4.74 Å². The summed E-state index contributed by atoms with van der Waals surface area (Å²) in [5.74, 6) is -1.79. The van der Waals surface area contributed by atoms with Crippen molar-refractivity contribution in [2.75, 3.05) is 6.61 Å². The molecule has 6 heteroatoms. The van der Waals surface area contributed by atoms with Gasteiger partial charge in [-0.25, -0.2) is 8.78 Å². The largest absolute Gasteiger partial charge is 0.491 e. The fourth-order valence-corrected chi connectivity index (χ4v) is 2.40. The van der Waals surface area contributed by atoms with E-state index in [4.69, 9.17) is 14.8 Å². The van der Waals surface area contributed by atoms with E-state index in [1.807, 2.05) is 0 Å². The highest BCUT2D eigenvalue weighted by Gasteiger charge is 2.28. The van der Waals surface area contributed by atoms with Crippen LogP contribution in [0.15, 0.2) is 12.1 Å². The van der Waals surface area contributed by atoms with Gasteiger partial charge in [-0.05, 0) is 18.8 Å². The van der Waals surface area contributed by atoms with E-state index in [0.29, 0.717) is 18.9 Å². The Balaban J connectivity index is 2.20. The molecule has 19 heavy (non-hydrogen) atoms. The first-order valence-corrected chi connectivity index (χ1v) is 6.50. The molecule has 2 unspecified atom stereocenters. The lowest BCUT2D eigenvalue weighted by Crippen LogP contribution is -2.34. The van der Waals surface area contributed by atoms with Gasteiger partial charge in [0.15, 0.2) is 11.6 Å². The molecular formula is C13H17BF2O3. The molecule has 1 aliphatic heterocycles. The Kier molecular flexibility index (Phi) is 4.55. The van der Waals surface area contributed by atoms with Crippen LogP contribution in [0.4, 0.5) is 8.78 Å². The molecule has 1 heterocycles. The van der Waals surface area contributed by atoms with E-state index in [0.717, 1.165) is 12.8 Å². The monoisotopic (exact) mass is 270 g/mol. The second kappa shape index (κ2) is 5.99. The number of benzene rings is 1. The average molecular weight is 270 g/mol. The van der Waals surface area contributed by atoms with Crippen molar-refractivity contribution in [2.24, 2.45) is 5.92 Å². The molecule has 3 nitrogen and oxygen atoms in total. The van der Waals surface area contributed by atoms with Crippen molar-refractivity contribution in [1.82, 2.24) is 0 Å². The highest BCUT2D eigenvalue weighted by Crippen LogP contribution is 2.33. The molecule has 0 aliphatic carbocycles. The summed E-state index contributed by atoms with van der Waals surface area (Å²) in [6.07, 6.45) is 2.13. The van der Waals surface area contributed by atoms with Gasteiger partial charge >= 0.3 is 7.12 Å². The van der Waals surface area contributed by atoms with Crippen molar-refractivity contribution in [3.8, 4) is 0 Å². The predicted octanol–water partition coefficient (Wildman–Crippen LogP) is 1.52. The first kappa shape index (κ1) is 14.4. The second-order valence-electron chi connectivity index (χ2n) is 4.92. The van der Waals surface area contributed by atoms with E-state index >= 15 is 0 Å². The van der Waals surface area contributed by atoms with Crippen molar-refractivity contribution < 1.29 is 23.6 Å². The minimum absolute atomic E-state index is 0.149. The third-order valence-corrected chi connectivity index (χ3v) is 3.71. The van der Waals surface area contributed by atoms with Crippen LogP contribution in [0.3, 0.4) is 0 Å². The van der Waals surface area contributed by atoms with E-state index < -0.39 is 30.3 Å². The van der Waals surface area contributed by atoms with Gasteiger partial charge < -0.3 is 14.8 Å². The zero-order valence-corrected chi connectivity index (χ0v) is 10.8. The Bertz CT molecular complexity index is 446. The Labute approximate surface area is 111 Å². The number of hydrogen-bond acceptors (Lipinski definition) is 3. The Hall–Kier alpha value is -0.975. The first-order valence-electron chi connectivity index (χ1n) is 6.50. The summed E-state index contributed by atoms with van der Waals surface area (Å²) in [6.45, 7) is 2.62. The number of halogens is 2. The minimum atomic E-state index is -2.01. The molecule has 1 fully saturated rings. The summed E-state index contributed by atoms with van der Waals surface area (Å²) in [5.41, 5.74) is -0.306. The Morgan fingerprint density at radius 2 is 2.00 bits per heavy atom. The SMILES string of the molecule is CCC1CCC(c2ccc(B(O)O)c(F)c2F)OC1. The smallest absolute Gasteiger partial charge is 0.423 e. The quantitative estimate of drug-likeness (QED) is 0.819. The number of hydrogen-bond donors (Lipinski definition) is 2. The third-order valence-electron chi connectivity index (χ3n) is 3.71. The molecule has 1 aromatic carbocycles. The fourth-order valence-electron chi connectivity index (χ4n) is 2.40. The van der Waals surface area contributed by atoms with Crippen LogP contribution in [0.25, 0.3) is 0 Å². The molecule has 1 saturated heterocycles. The van der Waals surface area contributed by atoms with Gasteiger partial charge in [0.05, 0.1) is 12.7 Å². The zero-order chi connectivity index (χ0) is 14.0. The van der Waals surface area contributed by atoms with Crippen LogP contribution >= 0.6 is 0 Å². The van der Waals surface area contributed by atoms with E-state index in [9.17, 15) is 8.78 Å². The van der Waals surface area contributed by atoms with Crippen LogP contribution in [0.2, 0.25) is 0 Å². The van der Waals surface area contributed by atoms with Gasteiger partial charge in [0.1, 0.15) is 0 Å². The molecule has 0 saturated carbocycles. The lowest BCUT2D eigenvalue weighted by molar-refractivity contribution is -0.0200. The Morgan fingerprint density at radius 3 is 2.53 bits per heavy atom. The number of ether oxygens (including phenoxy) is 1. The van der Waals surface area contributed by atoms with Crippen molar-refractivity contribution in [2.45, 2.75) is 32.3 Å². The summed E-state index contributed by atoms with van der Waals surface area (Å²) in [4.78, 5) is 0. The zero-order valence-electron chi connectivity index (χ0n) is 10.8. The predicted molar refractivity (Wildman–Crippen MR) is 67.9 cm³/mol. The van der Waals surface area contributed by atoms with Crippen LogP contribution in [0, 0.1) is 17.6 Å². The molecule has 0 aromatic heterocycles. The van der Waals surface area contributed by atoms with Crippen LogP contribution in [0.1, 0.15) is 37.9 Å². The van der Waals surface area contributed by atoms with Crippen LogP contribution in [-0.4, -0.2) is 23.8 Å². The molecule has 104 valence electrons. The van der Waals surface area contributed by atoms with E-state index in [-0.39, 0.29) is 5.56 Å². The fraction of sp³-hybridized carbons (Fsp3) is 0.538. The van der Waals surface area contributed by atoms with Gasteiger partial charge in [-0.3, -0.25) is 0 Å². The molecule has 0 amide bonds. The first-order chi connectivity index (χ1) is 9.04. The van der Waals surface area contributed by atoms with Gasteiger partial charge in [-0.1, -0.05) is 25.5 Å². The summed E-state index contributed by atoms with van der Waals surface area (Å²) in [7, 11) is -2.01. The van der Waals surface area contributed by atoms with E-state index in [1.165, 1.54) is 12.1 Å². The molecule has 0 bridgehead atoms. The summed E-state index contributed by atoms with van der Waals surface area (Å²) < 4.78 is 33.1. The number of rotatable bonds is 3. The lowest BCUT2D eigenvalue weighted by atomic mass is 9.78. The Morgan fingerprint density at radius 1 is 1.26 bits per heavy atom. The van der Waals surface area contributed by atoms with Gasteiger partial charge in [-0.15, -0.1) is 0 Å². The molecule has 2 rings (SSSR count). The highest BCUT2D eigenvalue weighted by atomic mass is 19.2. The van der Waals surface area contributed by atoms with Crippen LogP contribution in [0.5, 0.6) is 0 Å². The lowest BCUT2D eigenvalue weighted by Gasteiger charge is -2.29. The summed E-state index contributed by atoms with van der Waals surface area (Å²) in [6, 6.07) is 2.55. The van der Waals surface area contributed by atoms with Crippen molar-refractivity contribution >= 4 is 12.6 Å². The molecule has 1 aromatic rings. The van der Waals surface area contributed by atoms with Gasteiger partial charge in [-0.2, -0.15) is 0 Å². The molecule has 2 N–H and O–H groups in total. The van der Waals surface area contributed by atoms with E-state index in [2.05, 4.69) is 6.92 Å². The summed E-state index contributed by atoms with van der Waals surface area (Å²) >= 11 is 0. The van der Waals surface area contributed by atoms with Gasteiger partial charge in [0.2, 0.25) is 0 Å². The molecule has 0 radical (unpaired) electrons. The van der Waals surface area contributed by atoms with Crippen LogP contribution < -0.4 is 5.46 Å². The summed E-state index contributed by atoms with van der Waals surface area (Å²) in [5, 5.41) is 17.8.